The van der Waals surface area contributed by atoms with Crippen molar-refractivity contribution in [3.63, 3.8) is 0 Å². The highest BCUT2D eigenvalue weighted by Gasteiger charge is 2.19. The Bertz CT molecular complexity index is 814. The van der Waals surface area contributed by atoms with Crippen LogP contribution >= 0.6 is 0 Å². The Labute approximate surface area is 150 Å². The Morgan fingerprint density at radius 2 is 1.72 bits per heavy atom. The summed E-state index contributed by atoms with van der Waals surface area (Å²) >= 11 is 0. The Morgan fingerprint density at radius 1 is 1.04 bits per heavy atom. The summed E-state index contributed by atoms with van der Waals surface area (Å²) in [6.45, 7) is 7.75. The maximum Gasteiger partial charge on any atom is 0.240 e. The third-order valence-corrected chi connectivity index (χ3v) is 6.24. The van der Waals surface area contributed by atoms with E-state index < -0.39 is 10.0 Å². The number of likely N-dealkylation sites (N-methyl/N-ethyl adjacent to an activating group) is 1. The van der Waals surface area contributed by atoms with Crippen LogP contribution in [-0.2, 0) is 10.0 Å². The van der Waals surface area contributed by atoms with Crippen LogP contribution in [0, 0.1) is 5.92 Å². The molecular formula is C19H27N3O2S. The molecule has 5 nitrogen and oxygen atoms in total. The van der Waals surface area contributed by atoms with Gasteiger partial charge in [0.2, 0.25) is 10.0 Å². The van der Waals surface area contributed by atoms with Gasteiger partial charge in [0.25, 0.3) is 0 Å². The van der Waals surface area contributed by atoms with Crippen LogP contribution in [0.25, 0.3) is 10.8 Å². The Hall–Kier alpha value is -1.47. The van der Waals surface area contributed by atoms with E-state index in [1.54, 1.807) is 12.1 Å². The zero-order valence-corrected chi connectivity index (χ0v) is 15.8. The van der Waals surface area contributed by atoms with E-state index in [4.69, 9.17) is 0 Å². The maximum atomic E-state index is 12.6. The highest BCUT2D eigenvalue weighted by atomic mass is 32.2. The molecule has 1 aliphatic rings. The van der Waals surface area contributed by atoms with E-state index in [0.717, 1.165) is 43.5 Å². The van der Waals surface area contributed by atoms with Crippen molar-refractivity contribution in [1.82, 2.24) is 14.5 Å². The molecule has 136 valence electrons. The van der Waals surface area contributed by atoms with E-state index in [-0.39, 0.29) is 5.92 Å². The summed E-state index contributed by atoms with van der Waals surface area (Å²) in [5.41, 5.74) is 0. The molecule has 0 saturated carbocycles. The number of piperazine rings is 1. The summed E-state index contributed by atoms with van der Waals surface area (Å²) < 4.78 is 27.9. The molecule has 0 radical (unpaired) electrons. The maximum absolute atomic E-state index is 12.6. The van der Waals surface area contributed by atoms with Crippen LogP contribution < -0.4 is 4.72 Å². The van der Waals surface area contributed by atoms with Crippen LogP contribution in [0.3, 0.4) is 0 Å². The number of rotatable bonds is 6. The molecule has 0 bridgehead atoms. The second kappa shape index (κ2) is 7.83. The standard InChI is InChI=1S/C19H27N3O2S/c1-16(15-22-11-9-21(2)10-12-22)14-20-25(23,24)19-8-7-17-5-3-4-6-18(17)13-19/h3-8,13,16,20H,9-12,14-15H2,1-2H3. The first-order valence-electron chi connectivity index (χ1n) is 8.83. The van der Waals surface area contributed by atoms with Crippen LogP contribution in [0.15, 0.2) is 47.4 Å². The molecule has 0 spiro atoms. The lowest BCUT2D eigenvalue weighted by molar-refractivity contribution is 0.139. The van der Waals surface area contributed by atoms with Gasteiger partial charge in [0.15, 0.2) is 0 Å². The number of fused-ring (bicyclic) bond motifs is 1. The number of benzene rings is 2. The highest BCUT2D eigenvalue weighted by molar-refractivity contribution is 7.89. The number of nitrogens with zero attached hydrogens (tertiary/aromatic N) is 2. The molecule has 1 heterocycles. The molecule has 0 aromatic heterocycles. The highest BCUT2D eigenvalue weighted by Crippen LogP contribution is 2.19. The molecule has 1 N–H and O–H groups in total. The predicted molar refractivity (Wildman–Crippen MR) is 102 cm³/mol. The lowest BCUT2D eigenvalue weighted by atomic mass is 10.1. The first-order chi connectivity index (χ1) is 11.9. The summed E-state index contributed by atoms with van der Waals surface area (Å²) in [4.78, 5) is 5.07. The van der Waals surface area contributed by atoms with Crippen LogP contribution in [0.2, 0.25) is 0 Å². The van der Waals surface area contributed by atoms with Gasteiger partial charge in [-0.3, -0.25) is 0 Å². The summed E-state index contributed by atoms with van der Waals surface area (Å²) in [5.74, 6) is 0.277. The first-order valence-corrected chi connectivity index (χ1v) is 10.3. The minimum atomic E-state index is -3.47. The fourth-order valence-corrected chi connectivity index (χ4v) is 4.41. The van der Waals surface area contributed by atoms with Crippen LogP contribution in [0.1, 0.15) is 6.92 Å². The second-order valence-electron chi connectivity index (χ2n) is 7.07. The van der Waals surface area contributed by atoms with Gasteiger partial charge < -0.3 is 9.80 Å². The second-order valence-corrected chi connectivity index (χ2v) is 8.84. The average molecular weight is 362 g/mol. The van der Waals surface area contributed by atoms with Gasteiger partial charge in [0, 0.05) is 39.3 Å². The molecule has 3 rings (SSSR count). The molecule has 25 heavy (non-hydrogen) atoms. The monoisotopic (exact) mass is 361 g/mol. The third-order valence-electron chi connectivity index (χ3n) is 4.82. The average Bonchev–Trinajstić information content (AvgIpc) is 2.62. The number of hydrogen-bond acceptors (Lipinski definition) is 4. The Morgan fingerprint density at radius 3 is 2.44 bits per heavy atom. The minimum Gasteiger partial charge on any atom is -0.304 e. The van der Waals surface area contributed by atoms with Crippen molar-refractivity contribution in [3.8, 4) is 0 Å². The summed E-state index contributed by atoms with van der Waals surface area (Å²) in [6, 6.07) is 13.1. The van der Waals surface area contributed by atoms with Crippen LogP contribution in [-0.4, -0.2) is 64.5 Å². The first kappa shape index (κ1) is 18.3. The smallest absolute Gasteiger partial charge is 0.240 e. The van der Waals surface area contributed by atoms with Gasteiger partial charge >= 0.3 is 0 Å². The third kappa shape index (κ3) is 4.79. The van der Waals surface area contributed by atoms with Gasteiger partial charge in [0.05, 0.1) is 4.90 Å². The van der Waals surface area contributed by atoms with E-state index in [9.17, 15) is 8.42 Å². The predicted octanol–water partition coefficient (Wildman–Crippen LogP) is 2.00. The Kier molecular flexibility index (Phi) is 5.74. The molecule has 2 aromatic carbocycles. The quantitative estimate of drug-likeness (QED) is 0.855. The molecular weight excluding hydrogens is 334 g/mol. The lowest BCUT2D eigenvalue weighted by Gasteiger charge is -2.33. The van der Waals surface area contributed by atoms with Crippen molar-refractivity contribution in [1.29, 1.82) is 0 Å². The van der Waals surface area contributed by atoms with Crippen molar-refractivity contribution in [2.45, 2.75) is 11.8 Å². The molecule has 2 aromatic rings. The molecule has 6 heteroatoms. The largest absolute Gasteiger partial charge is 0.304 e. The van der Waals surface area contributed by atoms with E-state index >= 15 is 0 Å². The van der Waals surface area contributed by atoms with Gasteiger partial charge in [-0.1, -0.05) is 37.3 Å². The molecule has 1 saturated heterocycles. The van der Waals surface area contributed by atoms with Gasteiger partial charge in [0.1, 0.15) is 0 Å². The number of hydrogen-bond donors (Lipinski definition) is 1. The van der Waals surface area contributed by atoms with Crippen molar-refractivity contribution < 1.29 is 8.42 Å². The lowest BCUT2D eigenvalue weighted by Crippen LogP contribution is -2.46. The summed E-state index contributed by atoms with van der Waals surface area (Å²) in [6.07, 6.45) is 0. The normalized spacial score (nSPS) is 18.5. The SMILES string of the molecule is CC(CNS(=O)(=O)c1ccc2ccccc2c1)CN1CCN(C)CC1. The molecule has 1 fully saturated rings. The topological polar surface area (TPSA) is 52.7 Å². The zero-order chi connectivity index (χ0) is 17.9. The number of nitrogens with one attached hydrogen (secondary N) is 1. The van der Waals surface area contributed by atoms with Gasteiger partial charge in [-0.25, -0.2) is 13.1 Å². The van der Waals surface area contributed by atoms with Crippen molar-refractivity contribution >= 4 is 20.8 Å². The molecule has 1 atom stereocenters. The summed E-state index contributed by atoms with van der Waals surface area (Å²) in [7, 11) is -1.34. The van der Waals surface area contributed by atoms with Crippen LogP contribution in [0.4, 0.5) is 0 Å². The van der Waals surface area contributed by atoms with E-state index in [1.165, 1.54) is 0 Å². The zero-order valence-electron chi connectivity index (χ0n) is 15.0. The molecule has 0 amide bonds. The molecule has 0 aliphatic carbocycles. The Balaban J connectivity index is 1.58. The fraction of sp³-hybridized carbons (Fsp3) is 0.474. The van der Waals surface area contributed by atoms with E-state index in [2.05, 4.69) is 28.5 Å². The van der Waals surface area contributed by atoms with Crippen molar-refractivity contribution in [3.05, 3.63) is 42.5 Å². The molecule has 1 aliphatic heterocycles. The fourth-order valence-electron chi connectivity index (χ4n) is 3.21. The van der Waals surface area contributed by atoms with Gasteiger partial charge in [-0.05, 0) is 35.9 Å². The summed E-state index contributed by atoms with van der Waals surface area (Å²) in [5, 5.41) is 1.99. The number of sulfonamides is 1. The van der Waals surface area contributed by atoms with E-state index in [1.807, 2.05) is 30.3 Å². The van der Waals surface area contributed by atoms with Crippen molar-refractivity contribution in [2.24, 2.45) is 5.92 Å². The minimum absolute atomic E-state index is 0.277. The van der Waals surface area contributed by atoms with Gasteiger partial charge in [-0.15, -0.1) is 0 Å². The van der Waals surface area contributed by atoms with E-state index in [0.29, 0.717) is 11.4 Å². The van der Waals surface area contributed by atoms with Crippen LogP contribution in [0.5, 0.6) is 0 Å². The van der Waals surface area contributed by atoms with Gasteiger partial charge in [-0.2, -0.15) is 0 Å². The molecule has 1 unspecified atom stereocenters. The van der Waals surface area contributed by atoms with Crippen molar-refractivity contribution in [2.75, 3.05) is 46.3 Å².